The predicted molar refractivity (Wildman–Crippen MR) is 108 cm³/mol. The number of carbonyl (C=O) groups excluding carboxylic acids is 1. The molecule has 34 heavy (non-hydrogen) atoms. The second kappa shape index (κ2) is 8.99. The van der Waals surface area contributed by atoms with E-state index in [1.807, 2.05) is 0 Å². The number of anilines is 1. The van der Waals surface area contributed by atoms with Gasteiger partial charge in [0.05, 0.1) is 24.6 Å². The molecule has 1 heterocycles. The molecule has 1 aliphatic rings. The lowest BCUT2D eigenvalue weighted by Gasteiger charge is -2.19. The minimum atomic E-state index is -4.30. The molecule has 4 rings (SSSR count). The Kier molecular flexibility index (Phi) is 6.24. The summed E-state index contributed by atoms with van der Waals surface area (Å²) < 4.78 is 82.0. The van der Waals surface area contributed by atoms with Crippen molar-refractivity contribution >= 4 is 11.7 Å². The van der Waals surface area contributed by atoms with E-state index in [0.29, 0.717) is 11.1 Å². The third-order valence-corrected chi connectivity index (χ3v) is 5.50. The molecule has 3 aromatic rings. The smallest absolute Gasteiger partial charge is 0.398 e. The molecule has 0 saturated heterocycles. The zero-order valence-corrected chi connectivity index (χ0v) is 17.5. The second-order valence-electron chi connectivity index (χ2n) is 7.91. The number of hydrogen-bond donors (Lipinski definition) is 1. The summed E-state index contributed by atoms with van der Waals surface area (Å²) in [5, 5.41) is 10.5. The molecule has 0 atom stereocenters. The lowest BCUT2D eigenvalue weighted by molar-refractivity contribution is -0.160. The Morgan fingerprint density at radius 3 is 2.38 bits per heavy atom. The van der Waals surface area contributed by atoms with Gasteiger partial charge in [0, 0.05) is 0 Å². The normalized spacial score (nSPS) is 14.8. The highest BCUT2D eigenvalue weighted by Crippen LogP contribution is 2.58. The molecule has 0 bridgehead atoms. The first-order valence-electron chi connectivity index (χ1n) is 10.2. The third kappa shape index (κ3) is 5.15. The summed E-state index contributed by atoms with van der Waals surface area (Å²) in [4.78, 5) is 13.4. The maximum atomic E-state index is 13.8. The average Bonchev–Trinajstić information content (AvgIpc) is 3.47. The van der Waals surface area contributed by atoms with Crippen LogP contribution in [0.25, 0.3) is 0 Å². The first kappa shape index (κ1) is 23.6. The summed E-state index contributed by atoms with van der Waals surface area (Å²) >= 11 is 0. The van der Waals surface area contributed by atoms with E-state index in [1.54, 1.807) is 0 Å². The number of hydrogen-bond acceptors (Lipinski definition) is 4. The molecule has 0 radical (unpaired) electrons. The quantitative estimate of drug-likeness (QED) is 0.465. The molecule has 12 heteroatoms. The van der Waals surface area contributed by atoms with E-state index in [-0.39, 0.29) is 37.2 Å². The van der Waals surface area contributed by atoms with Crippen LogP contribution in [0.4, 0.5) is 32.2 Å². The summed E-state index contributed by atoms with van der Waals surface area (Å²) in [6.45, 7) is -3.14. The summed E-state index contributed by atoms with van der Waals surface area (Å²) in [5.74, 6) is -1.88. The maximum Gasteiger partial charge on any atom is 0.398 e. The molecule has 1 aromatic heterocycles. The van der Waals surface area contributed by atoms with Gasteiger partial charge in [-0.2, -0.15) is 31.8 Å². The van der Waals surface area contributed by atoms with Crippen LogP contribution in [-0.4, -0.2) is 33.7 Å². The Bertz CT molecular complexity index is 1170. The van der Waals surface area contributed by atoms with E-state index in [0.717, 1.165) is 12.1 Å². The van der Waals surface area contributed by atoms with Crippen molar-refractivity contribution in [3.05, 3.63) is 71.2 Å². The van der Waals surface area contributed by atoms with Crippen molar-refractivity contribution in [1.29, 1.82) is 0 Å². The fourth-order valence-corrected chi connectivity index (χ4v) is 3.60. The van der Waals surface area contributed by atoms with Crippen molar-refractivity contribution in [3.63, 3.8) is 0 Å². The summed E-state index contributed by atoms with van der Waals surface area (Å²) in [6, 6.07) is 9.23. The van der Waals surface area contributed by atoms with E-state index in [4.69, 9.17) is 0 Å². The van der Waals surface area contributed by atoms with Gasteiger partial charge in [0.2, 0.25) is 5.91 Å². The second-order valence-corrected chi connectivity index (χ2v) is 7.91. The van der Waals surface area contributed by atoms with E-state index >= 15 is 0 Å². The monoisotopic (exact) mass is 484 g/mol. The van der Waals surface area contributed by atoms with Gasteiger partial charge in [0.1, 0.15) is 0 Å². The van der Waals surface area contributed by atoms with Crippen LogP contribution in [0, 0.1) is 5.82 Å². The summed E-state index contributed by atoms with van der Waals surface area (Å²) in [5.41, 5.74) is -0.670. The SMILES string of the molecule is O=C(Cc1ccc(C2(C(F)(F)F)CC2)cc1)Nc1cnn(Cc2ccc(OC(F)F)c(F)c2)n1. The van der Waals surface area contributed by atoms with Crippen LogP contribution in [-0.2, 0) is 23.2 Å². The molecule has 0 unspecified atom stereocenters. The van der Waals surface area contributed by atoms with E-state index < -0.39 is 35.7 Å². The molecule has 1 fully saturated rings. The molecular weight excluding hydrogens is 466 g/mol. The zero-order valence-electron chi connectivity index (χ0n) is 17.5. The van der Waals surface area contributed by atoms with Gasteiger partial charge in [-0.1, -0.05) is 30.3 Å². The van der Waals surface area contributed by atoms with Crippen LogP contribution < -0.4 is 10.1 Å². The van der Waals surface area contributed by atoms with Gasteiger partial charge in [-0.15, -0.1) is 5.10 Å². The average molecular weight is 484 g/mol. The van der Waals surface area contributed by atoms with Gasteiger partial charge in [-0.3, -0.25) is 4.79 Å². The van der Waals surface area contributed by atoms with Gasteiger partial charge in [-0.25, -0.2) is 4.39 Å². The Morgan fingerprint density at radius 2 is 1.79 bits per heavy atom. The molecule has 1 saturated carbocycles. The highest BCUT2D eigenvalue weighted by molar-refractivity contribution is 5.91. The highest BCUT2D eigenvalue weighted by atomic mass is 19.4. The Labute approximate surface area is 189 Å². The van der Waals surface area contributed by atoms with Crippen molar-refractivity contribution < 1.29 is 35.9 Å². The number of amides is 1. The van der Waals surface area contributed by atoms with Crippen LogP contribution in [0.15, 0.2) is 48.7 Å². The molecule has 0 aliphatic heterocycles. The molecule has 1 N–H and O–H groups in total. The van der Waals surface area contributed by atoms with Gasteiger partial charge in [0.25, 0.3) is 0 Å². The fourth-order valence-electron chi connectivity index (χ4n) is 3.60. The number of aromatic nitrogens is 3. The molecule has 1 aliphatic carbocycles. The van der Waals surface area contributed by atoms with Crippen LogP contribution in [0.2, 0.25) is 0 Å². The number of rotatable bonds is 8. The summed E-state index contributed by atoms with van der Waals surface area (Å²) in [7, 11) is 0. The first-order valence-corrected chi connectivity index (χ1v) is 10.2. The number of nitrogens with zero attached hydrogens (tertiary/aromatic N) is 3. The van der Waals surface area contributed by atoms with Crippen LogP contribution in [0.1, 0.15) is 29.5 Å². The van der Waals surface area contributed by atoms with Crippen molar-refractivity contribution in [1.82, 2.24) is 15.0 Å². The van der Waals surface area contributed by atoms with Crippen molar-refractivity contribution in [2.45, 2.75) is 44.0 Å². The van der Waals surface area contributed by atoms with Crippen LogP contribution >= 0.6 is 0 Å². The molecular formula is C22H18F6N4O2. The topological polar surface area (TPSA) is 69.0 Å². The maximum absolute atomic E-state index is 13.8. The van der Waals surface area contributed by atoms with E-state index in [1.165, 1.54) is 41.3 Å². The van der Waals surface area contributed by atoms with Crippen LogP contribution in [0.3, 0.4) is 0 Å². The standard InChI is InChI=1S/C22H18F6N4O2/c23-16-9-14(3-6-17(16)34-20(24)25)12-32-29-11-18(31-32)30-19(33)10-13-1-4-15(5-2-13)21(7-8-21)22(26,27)28/h1-6,9,11,20H,7-8,10,12H2,(H,30,31,33). The largest absolute Gasteiger partial charge is 0.432 e. The lowest BCUT2D eigenvalue weighted by Crippen LogP contribution is -2.28. The number of halogens is 6. The fraction of sp³-hybridized carbons (Fsp3) is 0.318. The van der Waals surface area contributed by atoms with Gasteiger partial charge in [0.15, 0.2) is 17.4 Å². The molecule has 6 nitrogen and oxygen atoms in total. The van der Waals surface area contributed by atoms with Gasteiger partial charge in [-0.05, 0) is 41.7 Å². The molecule has 1 amide bonds. The lowest BCUT2D eigenvalue weighted by atomic mass is 9.94. The summed E-state index contributed by atoms with van der Waals surface area (Å²) in [6.07, 6.45) is -2.99. The van der Waals surface area contributed by atoms with Gasteiger partial charge >= 0.3 is 12.8 Å². The Morgan fingerprint density at radius 1 is 1.12 bits per heavy atom. The minimum absolute atomic E-state index is 0.00413. The van der Waals surface area contributed by atoms with Crippen molar-refractivity contribution in [2.24, 2.45) is 0 Å². The predicted octanol–water partition coefficient (Wildman–Crippen LogP) is 4.84. The Balaban J connectivity index is 1.33. The Hall–Kier alpha value is -3.57. The van der Waals surface area contributed by atoms with Crippen LogP contribution in [0.5, 0.6) is 5.75 Å². The highest BCUT2D eigenvalue weighted by Gasteiger charge is 2.64. The molecule has 2 aromatic carbocycles. The third-order valence-electron chi connectivity index (χ3n) is 5.50. The van der Waals surface area contributed by atoms with E-state index in [9.17, 15) is 31.1 Å². The van der Waals surface area contributed by atoms with Crippen molar-refractivity contribution in [2.75, 3.05) is 5.32 Å². The molecule has 0 spiro atoms. The minimum Gasteiger partial charge on any atom is -0.432 e. The number of alkyl halides is 5. The van der Waals surface area contributed by atoms with Gasteiger partial charge < -0.3 is 10.1 Å². The molecule has 180 valence electrons. The van der Waals surface area contributed by atoms with Crippen molar-refractivity contribution in [3.8, 4) is 5.75 Å². The first-order chi connectivity index (χ1) is 16.1. The number of nitrogens with one attached hydrogen (secondary N) is 1. The number of carbonyl (C=O) groups is 1. The number of benzene rings is 2. The van der Waals surface area contributed by atoms with E-state index in [2.05, 4.69) is 20.3 Å². The number of ether oxygens (including phenoxy) is 1. The zero-order chi connectivity index (χ0) is 24.5.